The molecule has 0 fully saturated rings. The Morgan fingerprint density at radius 2 is 1.78 bits per heavy atom. The van der Waals surface area contributed by atoms with Crippen molar-refractivity contribution >= 4 is 34.2 Å². The third-order valence-electron chi connectivity index (χ3n) is 4.13. The molecule has 1 aromatic carbocycles. The summed E-state index contributed by atoms with van der Waals surface area (Å²) in [6.07, 6.45) is 1.65. The second kappa shape index (κ2) is 6.72. The highest BCUT2D eigenvalue weighted by atomic mass is 35.5. The van der Waals surface area contributed by atoms with Gasteiger partial charge in [-0.1, -0.05) is 53.5 Å². The Morgan fingerprint density at radius 1 is 1.04 bits per heavy atom. The SMILES string of the molecule is Cc1ccnc(-c2ccccc2)c1-n1c(=O)nc(Cl)c2cc(F)c(Cl)nc21. The van der Waals surface area contributed by atoms with E-state index in [4.69, 9.17) is 23.2 Å². The first-order chi connectivity index (χ1) is 13.0. The molecule has 3 heterocycles. The van der Waals surface area contributed by atoms with Gasteiger partial charge in [0.15, 0.2) is 16.6 Å². The van der Waals surface area contributed by atoms with Gasteiger partial charge in [-0.25, -0.2) is 18.7 Å². The van der Waals surface area contributed by atoms with Crippen LogP contribution in [-0.2, 0) is 0 Å². The lowest BCUT2D eigenvalue weighted by Gasteiger charge is -2.16. The van der Waals surface area contributed by atoms with E-state index in [2.05, 4.69) is 15.0 Å². The standard InChI is InChI=1S/C19H11Cl2FN4O/c1-10-7-8-23-14(11-5-3-2-4-6-11)15(10)26-18-12(16(20)25-19(26)27)9-13(22)17(21)24-18/h2-9H,1H3. The van der Waals surface area contributed by atoms with Gasteiger partial charge < -0.3 is 0 Å². The summed E-state index contributed by atoms with van der Waals surface area (Å²) in [7, 11) is 0. The van der Waals surface area contributed by atoms with E-state index in [0.717, 1.165) is 17.2 Å². The quantitative estimate of drug-likeness (QED) is 0.364. The van der Waals surface area contributed by atoms with E-state index >= 15 is 0 Å². The van der Waals surface area contributed by atoms with E-state index in [1.807, 2.05) is 37.3 Å². The van der Waals surface area contributed by atoms with Crippen LogP contribution in [0, 0.1) is 12.7 Å². The summed E-state index contributed by atoms with van der Waals surface area (Å²) in [5.74, 6) is -0.746. The summed E-state index contributed by atoms with van der Waals surface area (Å²) in [4.78, 5) is 25.1. The molecule has 0 aliphatic heterocycles. The minimum Gasteiger partial charge on any atom is -0.254 e. The lowest BCUT2D eigenvalue weighted by molar-refractivity contribution is 0.624. The number of benzene rings is 1. The molecule has 0 radical (unpaired) electrons. The van der Waals surface area contributed by atoms with Crippen LogP contribution < -0.4 is 5.69 Å². The van der Waals surface area contributed by atoms with Crippen molar-refractivity contribution in [1.29, 1.82) is 0 Å². The molecule has 0 amide bonds. The largest absolute Gasteiger partial charge is 0.355 e. The van der Waals surface area contributed by atoms with Gasteiger partial charge in [-0.15, -0.1) is 0 Å². The average Bonchev–Trinajstić information content (AvgIpc) is 2.65. The zero-order valence-electron chi connectivity index (χ0n) is 13.9. The van der Waals surface area contributed by atoms with Gasteiger partial charge in [0.1, 0.15) is 5.15 Å². The van der Waals surface area contributed by atoms with E-state index in [1.54, 1.807) is 12.3 Å². The van der Waals surface area contributed by atoms with Crippen LogP contribution in [0.25, 0.3) is 28.0 Å². The molecule has 0 spiro atoms. The van der Waals surface area contributed by atoms with Crippen LogP contribution >= 0.6 is 23.2 Å². The van der Waals surface area contributed by atoms with Crippen molar-refractivity contribution in [2.75, 3.05) is 0 Å². The number of pyridine rings is 2. The van der Waals surface area contributed by atoms with Gasteiger partial charge in [-0.2, -0.15) is 4.98 Å². The first-order valence-electron chi connectivity index (χ1n) is 7.93. The van der Waals surface area contributed by atoms with Crippen LogP contribution in [0.3, 0.4) is 0 Å². The van der Waals surface area contributed by atoms with Gasteiger partial charge in [0, 0.05) is 11.8 Å². The van der Waals surface area contributed by atoms with Gasteiger partial charge in [0.25, 0.3) is 0 Å². The topological polar surface area (TPSA) is 60.7 Å². The molecule has 5 nitrogen and oxygen atoms in total. The predicted octanol–water partition coefficient (Wildman–Crippen LogP) is 4.60. The monoisotopic (exact) mass is 400 g/mol. The molecule has 134 valence electrons. The summed E-state index contributed by atoms with van der Waals surface area (Å²) in [6.45, 7) is 1.83. The number of aryl methyl sites for hydroxylation is 1. The third-order valence-corrected chi connectivity index (χ3v) is 4.68. The van der Waals surface area contributed by atoms with Crippen molar-refractivity contribution < 1.29 is 4.39 Å². The smallest absolute Gasteiger partial charge is 0.254 e. The number of aromatic nitrogens is 4. The number of halogens is 3. The summed E-state index contributed by atoms with van der Waals surface area (Å²) in [6, 6.07) is 12.3. The van der Waals surface area contributed by atoms with E-state index in [9.17, 15) is 9.18 Å². The fourth-order valence-electron chi connectivity index (χ4n) is 2.91. The highest BCUT2D eigenvalue weighted by molar-refractivity contribution is 6.34. The highest BCUT2D eigenvalue weighted by Crippen LogP contribution is 2.30. The summed E-state index contributed by atoms with van der Waals surface area (Å²) < 4.78 is 15.2. The molecule has 0 aliphatic rings. The van der Waals surface area contributed by atoms with Gasteiger partial charge in [0.05, 0.1) is 16.8 Å². The maximum Gasteiger partial charge on any atom is 0.355 e. The Kier molecular flexibility index (Phi) is 4.37. The Bertz CT molecular complexity index is 1240. The minimum atomic E-state index is -0.746. The number of nitrogens with zero attached hydrogens (tertiary/aromatic N) is 4. The summed E-state index contributed by atoms with van der Waals surface area (Å²) >= 11 is 11.9. The van der Waals surface area contributed by atoms with Crippen molar-refractivity contribution in [3.05, 3.63) is 80.8 Å². The first kappa shape index (κ1) is 17.6. The summed E-state index contributed by atoms with van der Waals surface area (Å²) in [5, 5.41) is -0.321. The number of rotatable bonds is 2. The number of hydrogen-bond donors (Lipinski definition) is 0. The second-order valence-corrected chi connectivity index (χ2v) is 6.56. The Morgan fingerprint density at radius 3 is 2.52 bits per heavy atom. The highest BCUT2D eigenvalue weighted by Gasteiger charge is 2.20. The van der Waals surface area contributed by atoms with Crippen LogP contribution in [0.1, 0.15) is 5.56 Å². The molecule has 0 saturated carbocycles. The van der Waals surface area contributed by atoms with Gasteiger partial charge >= 0.3 is 5.69 Å². The molecule has 0 atom stereocenters. The molecule has 27 heavy (non-hydrogen) atoms. The fourth-order valence-corrected chi connectivity index (χ4v) is 3.25. The van der Waals surface area contributed by atoms with E-state index < -0.39 is 11.5 Å². The molecule has 0 aliphatic carbocycles. The fraction of sp³-hybridized carbons (Fsp3) is 0.0526. The Hall–Kier alpha value is -2.83. The molecule has 4 rings (SSSR count). The molecular formula is C19H11Cl2FN4O. The molecule has 0 bridgehead atoms. The predicted molar refractivity (Wildman–Crippen MR) is 103 cm³/mol. The van der Waals surface area contributed by atoms with Crippen molar-refractivity contribution in [2.45, 2.75) is 6.92 Å². The van der Waals surface area contributed by atoms with Crippen LogP contribution in [0.5, 0.6) is 0 Å². The van der Waals surface area contributed by atoms with Crippen LogP contribution in [0.2, 0.25) is 10.3 Å². The van der Waals surface area contributed by atoms with Crippen molar-refractivity contribution in [3.8, 4) is 16.9 Å². The number of hydrogen-bond acceptors (Lipinski definition) is 4. The molecule has 4 aromatic rings. The van der Waals surface area contributed by atoms with Gasteiger partial charge in [0.2, 0.25) is 0 Å². The normalized spacial score (nSPS) is 11.1. The van der Waals surface area contributed by atoms with Crippen LogP contribution in [0.4, 0.5) is 4.39 Å². The van der Waals surface area contributed by atoms with E-state index in [-0.39, 0.29) is 21.3 Å². The maximum atomic E-state index is 13.9. The maximum absolute atomic E-state index is 13.9. The average molecular weight is 401 g/mol. The second-order valence-electron chi connectivity index (χ2n) is 5.84. The Labute approximate surface area is 163 Å². The Balaban J connectivity index is 2.17. The third kappa shape index (κ3) is 2.97. The van der Waals surface area contributed by atoms with Crippen molar-refractivity contribution in [3.63, 3.8) is 0 Å². The van der Waals surface area contributed by atoms with Gasteiger partial charge in [-0.05, 0) is 24.6 Å². The zero-order chi connectivity index (χ0) is 19.1. The molecule has 0 saturated heterocycles. The van der Waals surface area contributed by atoms with Crippen LogP contribution in [-0.4, -0.2) is 19.5 Å². The molecule has 3 aromatic heterocycles. The van der Waals surface area contributed by atoms with Crippen molar-refractivity contribution in [1.82, 2.24) is 19.5 Å². The minimum absolute atomic E-state index is 0.111. The van der Waals surface area contributed by atoms with E-state index in [1.165, 1.54) is 4.57 Å². The lowest BCUT2D eigenvalue weighted by atomic mass is 10.1. The molecule has 8 heteroatoms. The number of fused-ring (bicyclic) bond motifs is 1. The van der Waals surface area contributed by atoms with Crippen LogP contribution in [0.15, 0.2) is 53.5 Å². The summed E-state index contributed by atoms with van der Waals surface area (Å²) in [5.41, 5.74) is 2.07. The van der Waals surface area contributed by atoms with Gasteiger partial charge in [-0.3, -0.25) is 4.98 Å². The first-order valence-corrected chi connectivity index (χ1v) is 8.68. The molecule has 0 unspecified atom stereocenters. The van der Waals surface area contributed by atoms with Crippen molar-refractivity contribution in [2.24, 2.45) is 0 Å². The molecule has 0 N–H and O–H groups in total. The zero-order valence-corrected chi connectivity index (χ0v) is 15.5. The van der Waals surface area contributed by atoms with E-state index in [0.29, 0.717) is 11.4 Å². The lowest BCUT2D eigenvalue weighted by Crippen LogP contribution is -2.24. The molecular weight excluding hydrogens is 390 g/mol.